The standard InChI is InChI=1S/C23H25FN8O/c1-10-15(24)6-17(26-3)20-18(10)19-21(29-20)30-23(33-14-7-27-11(2)28-8-14)31-22(19)32-9-12-4-13(32)5-16(12)25/h6-8,12-13,16,26H,4-5,9,25H2,1-3H3,(H,29,30,31)/t12-,13-,16-/m1/s1. The summed E-state index contributed by atoms with van der Waals surface area (Å²) in [4.78, 5) is 23.5. The number of piperidine rings is 1. The molecule has 0 radical (unpaired) electrons. The SMILES string of the molecule is CNc1cc(F)c(C)c2c1[nH]c1nc(Oc3cnc(C)nc3)nc(N3C[C@H]4C[C@@H]3C[C@H]4N)c12. The van der Waals surface area contributed by atoms with Crippen molar-refractivity contribution in [3.63, 3.8) is 0 Å². The van der Waals surface area contributed by atoms with Crippen molar-refractivity contribution in [1.82, 2.24) is 24.9 Å². The topological polar surface area (TPSA) is 118 Å². The molecule has 4 aromatic rings. The van der Waals surface area contributed by atoms with Crippen LogP contribution in [-0.4, -0.2) is 50.6 Å². The summed E-state index contributed by atoms with van der Waals surface area (Å²) in [6.07, 6.45) is 5.13. The Balaban J connectivity index is 1.58. The number of hydrogen-bond acceptors (Lipinski definition) is 8. The van der Waals surface area contributed by atoms with E-state index < -0.39 is 0 Å². The zero-order valence-electron chi connectivity index (χ0n) is 18.7. The van der Waals surface area contributed by atoms with Gasteiger partial charge in [0.2, 0.25) is 0 Å². The first-order valence-corrected chi connectivity index (χ1v) is 11.1. The number of rotatable bonds is 4. The van der Waals surface area contributed by atoms with E-state index >= 15 is 0 Å². The fraction of sp³-hybridized carbons (Fsp3) is 0.391. The third kappa shape index (κ3) is 3.08. The number of aromatic nitrogens is 5. The van der Waals surface area contributed by atoms with E-state index in [1.165, 1.54) is 6.07 Å². The number of fused-ring (bicyclic) bond motifs is 5. The molecular formula is C23H25FN8O. The highest BCUT2D eigenvalue weighted by atomic mass is 19.1. The predicted molar refractivity (Wildman–Crippen MR) is 124 cm³/mol. The molecule has 0 amide bonds. The quantitative estimate of drug-likeness (QED) is 0.435. The Morgan fingerprint density at radius 2 is 1.97 bits per heavy atom. The molecule has 9 nitrogen and oxygen atoms in total. The van der Waals surface area contributed by atoms with Crippen LogP contribution in [0.3, 0.4) is 0 Å². The number of anilines is 2. The second kappa shape index (κ2) is 7.24. The molecule has 2 bridgehead atoms. The maximum Gasteiger partial charge on any atom is 0.326 e. The molecule has 1 saturated heterocycles. The number of aromatic amines is 1. The third-order valence-electron chi connectivity index (χ3n) is 6.99. The number of H-pyrrole nitrogens is 1. The van der Waals surface area contributed by atoms with Gasteiger partial charge in [-0.1, -0.05) is 0 Å². The second-order valence-corrected chi connectivity index (χ2v) is 8.98. The summed E-state index contributed by atoms with van der Waals surface area (Å²) in [5, 5.41) is 4.66. The van der Waals surface area contributed by atoms with Gasteiger partial charge in [0, 0.05) is 31.1 Å². The minimum Gasteiger partial charge on any atom is -0.421 e. The van der Waals surface area contributed by atoms with Crippen molar-refractivity contribution in [3.05, 3.63) is 35.7 Å². The third-order valence-corrected chi connectivity index (χ3v) is 6.99. The van der Waals surface area contributed by atoms with Crippen molar-refractivity contribution >= 4 is 33.4 Å². The molecule has 10 heteroatoms. The zero-order chi connectivity index (χ0) is 22.9. The number of nitrogens with two attached hydrogens (primary N) is 1. The first-order valence-electron chi connectivity index (χ1n) is 11.1. The molecule has 170 valence electrons. The lowest BCUT2D eigenvalue weighted by Gasteiger charge is -2.31. The average Bonchev–Trinajstić information content (AvgIpc) is 3.49. The van der Waals surface area contributed by atoms with E-state index in [2.05, 4.69) is 30.2 Å². The number of aryl methyl sites for hydroxylation is 2. The van der Waals surface area contributed by atoms with E-state index in [1.807, 2.05) is 6.92 Å². The highest BCUT2D eigenvalue weighted by Crippen LogP contribution is 2.45. The molecule has 0 unspecified atom stereocenters. The van der Waals surface area contributed by atoms with Gasteiger partial charge in [0.25, 0.3) is 0 Å². The van der Waals surface area contributed by atoms with E-state index in [9.17, 15) is 4.39 Å². The van der Waals surface area contributed by atoms with Gasteiger partial charge < -0.3 is 25.7 Å². The van der Waals surface area contributed by atoms with E-state index in [0.717, 1.165) is 41.5 Å². The van der Waals surface area contributed by atoms with Gasteiger partial charge in [0.1, 0.15) is 23.1 Å². The Morgan fingerprint density at radius 1 is 1.18 bits per heavy atom. The van der Waals surface area contributed by atoms with E-state index in [4.69, 9.17) is 15.5 Å². The minimum atomic E-state index is -0.277. The summed E-state index contributed by atoms with van der Waals surface area (Å²) in [5.41, 5.74) is 8.91. The van der Waals surface area contributed by atoms with Gasteiger partial charge in [0.05, 0.1) is 29.0 Å². The van der Waals surface area contributed by atoms with Crippen molar-refractivity contribution in [2.45, 2.75) is 38.8 Å². The van der Waals surface area contributed by atoms with Crippen molar-refractivity contribution in [3.8, 4) is 11.8 Å². The van der Waals surface area contributed by atoms with Crippen LogP contribution in [0.25, 0.3) is 21.9 Å². The van der Waals surface area contributed by atoms with E-state index in [-0.39, 0.29) is 17.9 Å². The first-order chi connectivity index (χ1) is 15.9. The van der Waals surface area contributed by atoms with Crippen LogP contribution in [0.4, 0.5) is 15.9 Å². The van der Waals surface area contributed by atoms with E-state index in [1.54, 1.807) is 26.4 Å². The average molecular weight is 449 g/mol. The maximum atomic E-state index is 14.8. The largest absolute Gasteiger partial charge is 0.421 e. The lowest BCUT2D eigenvalue weighted by Crippen LogP contribution is -2.41. The Bertz CT molecular complexity index is 1380. The summed E-state index contributed by atoms with van der Waals surface area (Å²) in [7, 11) is 1.77. The molecule has 2 aliphatic rings. The highest BCUT2D eigenvalue weighted by molar-refractivity contribution is 6.16. The monoisotopic (exact) mass is 448 g/mol. The van der Waals surface area contributed by atoms with Crippen LogP contribution in [-0.2, 0) is 0 Å². The van der Waals surface area contributed by atoms with Crippen molar-refractivity contribution in [1.29, 1.82) is 0 Å². The van der Waals surface area contributed by atoms with Gasteiger partial charge in [-0.25, -0.2) is 14.4 Å². The smallest absolute Gasteiger partial charge is 0.326 e. The molecule has 1 saturated carbocycles. The van der Waals surface area contributed by atoms with Crippen LogP contribution < -0.4 is 20.7 Å². The van der Waals surface area contributed by atoms with Crippen molar-refractivity contribution in [2.75, 3.05) is 23.8 Å². The summed E-state index contributed by atoms with van der Waals surface area (Å²) in [5.74, 6) is 1.98. The molecular weight excluding hydrogens is 423 g/mol. The summed E-state index contributed by atoms with van der Waals surface area (Å²) in [6, 6.07) is 2.19. The van der Waals surface area contributed by atoms with Gasteiger partial charge in [-0.05, 0) is 44.2 Å². The van der Waals surface area contributed by atoms with Crippen LogP contribution in [0.5, 0.6) is 11.8 Å². The number of nitrogens with one attached hydrogen (secondary N) is 2. The maximum absolute atomic E-state index is 14.8. The molecule has 3 aromatic heterocycles. The Kier molecular flexibility index (Phi) is 4.41. The number of nitrogens with zero attached hydrogens (tertiary/aromatic N) is 5. The van der Waals surface area contributed by atoms with Crippen molar-refractivity contribution in [2.24, 2.45) is 11.7 Å². The predicted octanol–water partition coefficient (Wildman–Crippen LogP) is 3.42. The molecule has 4 heterocycles. The van der Waals surface area contributed by atoms with Gasteiger partial charge in [-0.15, -0.1) is 0 Å². The fourth-order valence-electron chi connectivity index (χ4n) is 5.30. The molecule has 4 N–H and O–H groups in total. The van der Waals surface area contributed by atoms with Gasteiger partial charge >= 0.3 is 6.01 Å². The van der Waals surface area contributed by atoms with Crippen LogP contribution in [0, 0.1) is 25.6 Å². The molecule has 2 fully saturated rings. The van der Waals surface area contributed by atoms with Crippen LogP contribution in [0.2, 0.25) is 0 Å². The van der Waals surface area contributed by atoms with Gasteiger partial charge in [-0.2, -0.15) is 9.97 Å². The van der Waals surface area contributed by atoms with Gasteiger partial charge in [0.15, 0.2) is 5.75 Å². The number of benzene rings is 1. The first kappa shape index (κ1) is 20.1. The molecule has 33 heavy (non-hydrogen) atoms. The highest BCUT2D eigenvalue weighted by Gasteiger charge is 2.44. The summed E-state index contributed by atoms with van der Waals surface area (Å²) >= 11 is 0. The zero-order valence-corrected chi connectivity index (χ0v) is 18.7. The number of hydrogen-bond donors (Lipinski definition) is 3. The molecule has 1 aromatic carbocycles. The van der Waals surface area contributed by atoms with Gasteiger partial charge in [-0.3, -0.25) is 0 Å². The fourth-order valence-corrected chi connectivity index (χ4v) is 5.30. The van der Waals surface area contributed by atoms with Crippen LogP contribution in [0.15, 0.2) is 18.5 Å². The second-order valence-electron chi connectivity index (χ2n) is 8.98. The Hall–Kier alpha value is -3.53. The molecule has 0 spiro atoms. The normalized spacial score (nSPS) is 22.0. The Labute approximate surface area is 189 Å². The Morgan fingerprint density at radius 3 is 2.64 bits per heavy atom. The van der Waals surface area contributed by atoms with Crippen LogP contribution >= 0.6 is 0 Å². The molecule has 3 atom stereocenters. The van der Waals surface area contributed by atoms with Crippen LogP contribution in [0.1, 0.15) is 24.2 Å². The number of ether oxygens (including phenoxy) is 1. The van der Waals surface area contributed by atoms with Crippen molar-refractivity contribution < 1.29 is 9.13 Å². The molecule has 6 rings (SSSR count). The molecule has 1 aliphatic heterocycles. The lowest BCUT2D eigenvalue weighted by molar-refractivity contribution is 0.435. The number of halogens is 1. The minimum absolute atomic E-state index is 0.188. The molecule has 1 aliphatic carbocycles. The van der Waals surface area contributed by atoms with E-state index in [0.29, 0.717) is 40.4 Å². The summed E-state index contributed by atoms with van der Waals surface area (Å²) in [6.45, 7) is 4.40. The lowest BCUT2D eigenvalue weighted by atomic mass is 10.0. The summed E-state index contributed by atoms with van der Waals surface area (Å²) < 4.78 is 20.8.